The van der Waals surface area contributed by atoms with Gasteiger partial charge in [-0.15, -0.1) is 0 Å². The van der Waals surface area contributed by atoms with Crippen molar-refractivity contribution in [3.05, 3.63) is 188 Å². The highest BCUT2D eigenvalue weighted by Gasteiger charge is 2.30. The smallest absolute Gasteiger partial charge is 0.164 e. The van der Waals surface area contributed by atoms with Gasteiger partial charge in [0.1, 0.15) is 0 Å². The van der Waals surface area contributed by atoms with Gasteiger partial charge in [-0.05, 0) is 59.5 Å². The van der Waals surface area contributed by atoms with Crippen LogP contribution in [0.1, 0.15) is 0 Å². The highest BCUT2D eigenvalue weighted by Crippen LogP contribution is 2.54. The lowest BCUT2D eigenvalue weighted by atomic mass is 9.87. The molecular formula is C49H31N5. The molecule has 0 unspecified atom stereocenters. The maximum Gasteiger partial charge on any atom is 0.164 e. The van der Waals surface area contributed by atoms with E-state index >= 15 is 0 Å². The van der Waals surface area contributed by atoms with E-state index in [1.54, 1.807) is 0 Å². The summed E-state index contributed by atoms with van der Waals surface area (Å²) in [7, 11) is 0. The van der Waals surface area contributed by atoms with Gasteiger partial charge in [-0.2, -0.15) is 0 Å². The van der Waals surface area contributed by atoms with E-state index in [2.05, 4.69) is 161 Å². The second-order valence-electron chi connectivity index (χ2n) is 13.6. The highest BCUT2D eigenvalue weighted by molar-refractivity contribution is 6.19. The molecule has 8 aromatic carbocycles. The molecule has 0 bridgehead atoms. The summed E-state index contributed by atoms with van der Waals surface area (Å²) in [6, 6.07) is 66.2. The number of hydrogen-bond acceptors (Lipinski definition) is 4. The van der Waals surface area contributed by atoms with E-state index in [0.717, 1.165) is 50.2 Å². The first-order valence-corrected chi connectivity index (χ1v) is 18.2. The van der Waals surface area contributed by atoms with Gasteiger partial charge >= 0.3 is 0 Å². The van der Waals surface area contributed by atoms with Crippen molar-refractivity contribution >= 4 is 49.6 Å². The zero-order valence-electron chi connectivity index (χ0n) is 29.1. The van der Waals surface area contributed by atoms with Crippen LogP contribution in [0.4, 0.5) is 17.1 Å². The molecular weight excluding hydrogens is 659 g/mol. The van der Waals surface area contributed by atoms with Gasteiger partial charge in [0.25, 0.3) is 0 Å². The normalized spacial score (nSPS) is 12.0. The van der Waals surface area contributed by atoms with Gasteiger partial charge in [-0.25, -0.2) is 15.0 Å². The molecule has 0 amide bonds. The fourth-order valence-corrected chi connectivity index (χ4v) is 8.25. The van der Waals surface area contributed by atoms with E-state index < -0.39 is 0 Å². The Hall–Kier alpha value is -7.37. The Kier molecular flexibility index (Phi) is 6.79. The zero-order valence-corrected chi connectivity index (χ0v) is 29.1. The van der Waals surface area contributed by atoms with E-state index in [-0.39, 0.29) is 0 Å². The third kappa shape index (κ3) is 4.62. The van der Waals surface area contributed by atoms with Crippen LogP contribution in [0.2, 0.25) is 0 Å². The van der Waals surface area contributed by atoms with Gasteiger partial charge in [0, 0.05) is 44.1 Å². The number of anilines is 3. The highest BCUT2D eigenvalue weighted by atomic mass is 15.2. The fourth-order valence-electron chi connectivity index (χ4n) is 8.25. The molecule has 0 aliphatic carbocycles. The number of hydrogen-bond donors (Lipinski definition) is 0. The van der Waals surface area contributed by atoms with Gasteiger partial charge in [0.15, 0.2) is 17.5 Å². The molecule has 10 aromatic rings. The lowest BCUT2D eigenvalue weighted by molar-refractivity contribution is 1.08. The Balaban J connectivity index is 1.22. The molecule has 0 fully saturated rings. The summed E-state index contributed by atoms with van der Waals surface area (Å²) >= 11 is 0. The van der Waals surface area contributed by atoms with Crippen LogP contribution in [0.25, 0.3) is 83.6 Å². The lowest BCUT2D eigenvalue weighted by Gasteiger charge is -2.35. The molecule has 2 aromatic heterocycles. The molecule has 11 rings (SSSR count). The Bertz CT molecular complexity index is 2930. The summed E-state index contributed by atoms with van der Waals surface area (Å²) in [5.41, 5.74) is 12.0. The lowest BCUT2D eigenvalue weighted by Crippen LogP contribution is -2.16. The van der Waals surface area contributed by atoms with Gasteiger partial charge < -0.3 is 9.47 Å². The maximum absolute atomic E-state index is 5.16. The summed E-state index contributed by atoms with van der Waals surface area (Å²) in [6.07, 6.45) is 0. The number of fused-ring (bicyclic) bond motifs is 5. The standard InChI is InChI=1S/C49H31N5/c1-4-16-32(17-5-1)47-50-48(33-18-6-2-7-19-33)52-49(51-47)38-30-31-44-45-37(38)24-14-25-39(45)46-42(53(44)34-20-8-3-9-21-34)28-15-29-43(46)54-40-26-12-10-22-35(40)36-23-11-13-27-41(36)54/h1-31H. The Morgan fingerprint density at radius 1 is 0.333 bits per heavy atom. The minimum Gasteiger partial charge on any atom is -0.309 e. The molecule has 0 atom stereocenters. The largest absolute Gasteiger partial charge is 0.309 e. The third-order valence-electron chi connectivity index (χ3n) is 10.6. The molecule has 5 heteroatoms. The Morgan fingerprint density at radius 2 is 0.852 bits per heavy atom. The van der Waals surface area contributed by atoms with Gasteiger partial charge in [-0.3, -0.25) is 0 Å². The van der Waals surface area contributed by atoms with Crippen LogP contribution in [0, 0.1) is 0 Å². The van der Waals surface area contributed by atoms with Crippen LogP contribution < -0.4 is 4.90 Å². The molecule has 252 valence electrons. The van der Waals surface area contributed by atoms with Crippen molar-refractivity contribution in [2.75, 3.05) is 4.90 Å². The molecule has 0 saturated carbocycles. The summed E-state index contributed by atoms with van der Waals surface area (Å²) < 4.78 is 2.44. The molecule has 0 spiro atoms. The minimum absolute atomic E-state index is 0.638. The summed E-state index contributed by atoms with van der Waals surface area (Å²) in [6.45, 7) is 0. The van der Waals surface area contributed by atoms with E-state index in [9.17, 15) is 0 Å². The number of nitrogens with zero attached hydrogens (tertiary/aromatic N) is 5. The van der Waals surface area contributed by atoms with Crippen molar-refractivity contribution < 1.29 is 0 Å². The van der Waals surface area contributed by atoms with Crippen LogP contribution in [-0.2, 0) is 0 Å². The van der Waals surface area contributed by atoms with E-state index in [1.807, 2.05) is 36.4 Å². The summed E-state index contributed by atoms with van der Waals surface area (Å²) in [4.78, 5) is 17.7. The van der Waals surface area contributed by atoms with E-state index in [1.165, 1.54) is 32.9 Å². The van der Waals surface area contributed by atoms with Crippen LogP contribution in [0.15, 0.2) is 188 Å². The number of rotatable bonds is 5. The van der Waals surface area contributed by atoms with Crippen molar-refractivity contribution in [3.63, 3.8) is 0 Å². The molecule has 1 aliphatic heterocycles. The Morgan fingerprint density at radius 3 is 1.50 bits per heavy atom. The monoisotopic (exact) mass is 689 g/mol. The molecule has 5 nitrogen and oxygen atoms in total. The first-order chi connectivity index (χ1) is 26.8. The number of para-hydroxylation sites is 3. The zero-order chi connectivity index (χ0) is 35.6. The summed E-state index contributed by atoms with van der Waals surface area (Å²) in [5.74, 6) is 1.92. The third-order valence-corrected chi connectivity index (χ3v) is 10.6. The van der Waals surface area contributed by atoms with Crippen molar-refractivity contribution in [2.24, 2.45) is 0 Å². The Labute approximate surface area is 312 Å². The molecule has 0 N–H and O–H groups in total. The van der Waals surface area contributed by atoms with Crippen LogP contribution in [0.5, 0.6) is 0 Å². The topological polar surface area (TPSA) is 46.8 Å². The van der Waals surface area contributed by atoms with Crippen LogP contribution >= 0.6 is 0 Å². The summed E-state index contributed by atoms with van der Waals surface area (Å²) in [5, 5.41) is 4.71. The molecule has 0 radical (unpaired) electrons. The van der Waals surface area contributed by atoms with Crippen LogP contribution in [0.3, 0.4) is 0 Å². The maximum atomic E-state index is 5.16. The second-order valence-corrected chi connectivity index (χ2v) is 13.6. The average molecular weight is 690 g/mol. The van der Waals surface area contributed by atoms with Crippen molar-refractivity contribution in [1.82, 2.24) is 19.5 Å². The SMILES string of the molecule is c1ccc(-c2nc(-c3ccccc3)nc(-c3ccc4c5c(cccc35)-c3c(cccc3-n3c5ccccc5c5ccccc53)N4c3ccccc3)n2)cc1. The van der Waals surface area contributed by atoms with E-state index in [4.69, 9.17) is 15.0 Å². The predicted molar refractivity (Wildman–Crippen MR) is 222 cm³/mol. The first-order valence-electron chi connectivity index (χ1n) is 18.2. The van der Waals surface area contributed by atoms with Gasteiger partial charge in [0.2, 0.25) is 0 Å². The quantitative estimate of drug-likeness (QED) is 0.180. The second kappa shape index (κ2) is 12.1. The molecule has 54 heavy (non-hydrogen) atoms. The number of benzene rings is 8. The fraction of sp³-hybridized carbons (Fsp3) is 0. The number of aromatic nitrogens is 4. The van der Waals surface area contributed by atoms with Gasteiger partial charge in [0.05, 0.1) is 28.1 Å². The van der Waals surface area contributed by atoms with Crippen molar-refractivity contribution in [1.29, 1.82) is 0 Å². The average Bonchev–Trinajstić information content (AvgIpc) is 3.59. The van der Waals surface area contributed by atoms with Crippen molar-refractivity contribution in [3.8, 4) is 51.0 Å². The van der Waals surface area contributed by atoms with Gasteiger partial charge in [-0.1, -0.05) is 140 Å². The van der Waals surface area contributed by atoms with Crippen LogP contribution in [-0.4, -0.2) is 19.5 Å². The minimum atomic E-state index is 0.638. The first kappa shape index (κ1) is 30.3. The molecule has 3 heterocycles. The van der Waals surface area contributed by atoms with Crippen molar-refractivity contribution in [2.45, 2.75) is 0 Å². The van der Waals surface area contributed by atoms with E-state index in [0.29, 0.717) is 17.5 Å². The molecule has 0 saturated heterocycles. The molecule has 1 aliphatic rings. The predicted octanol–water partition coefficient (Wildman–Crippen LogP) is 12.6.